The van der Waals surface area contributed by atoms with Gasteiger partial charge in [-0.1, -0.05) is 36.4 Å². The van der Waals surface area contributed by atoms with Crippen LogP contribution in [0.2, 0.25) is 0 Å². The van der Waals surface area contributed by atoms with E-state index in [1.54, 1.807) is 6.08 Å². The van der Waals surface area contributed by atoms with Crippen LogP contribution in [0, 0.1) is 0 Å². The third-order valence-corrected chi connectivity index (χ3v) is 9.70. The first kappa shape index (κ1) is 14.5. The van der Waals surface area contributed by atoms with Gasteiger partial charge in [-0.25, -0.2) is 0 Å². The van der Waals surface area contributed by atoms with E-state index in [0.717, 1.165) is 5.56 Å². The van der Waals surface area contributed by atoms with E-state index in [9.17, 15) is 13.2 Å². The van der Waals surface area contributed by atoms with Gasteiger partial charge in [-0.2, -0.15) is 0 Å². The lowest BCUT2D eigenvalue weighted by atomic mass is 10.1. The van der Waals surface area contributed by atoms with Crippen molar-refractivity contribution >= 4 is 27.4 Å². The molecule has 1 aromatic rings. The molecule has 0 unspecified atom stereocenters. The molecular formula is C16H17NO3S2. The Hall–Kier alpha value is -1.11. The standard InChI is InChI=1S/C16H17NO3S2/c18-14-7-6-13-10-16(21(19)8-9-22(16)20)15(14)17(13)11-12-4-2-1-3-5-12/h1-7,13,15H,8-11H2/t13-,15+,21+,22+/m0/s1. The third-order valence-electron chi connectivity index (χ3n) is 4.85. The average molecular weight is 335 g/mol. The van der Waals surface area contributed by atoms with Gasteiger partial charge >= 0.3 is 0 Å². The quantitative estimate of drug-likeness (QED) is 0.808. The number of hydrogen-bond acceptors (Lipinski definition) is 4. The lowest BCUT2D eigenvalue weighted by Gasteiger charge is -2.34. The molecule has 6 heteroatoms. The maximum Gasteiger partial charge on any atom is 0.175 e. The van der Waals surface area contributed by atoms with Gasteiger partial charge in [0.05, 0.1) is 0 Å². The monoisotopic (exact) mass is 335 g/mol. The molecule has 0 radical (unpaired) electrons. The molecule has 3 aliphatic rings. The predicted molar refractivity (Wildman–Crippen MR) is 87.1 cm³/mol. The normalized spacial score (nSPS) is 36.3. The molecule has 1 spiro atoms. The van der Waals surface area contributed by atoms with Gasteiger partial charge < -0.3 is 0 Å². The molecule has 116 valence electrons. The summed E-state index contributed by atoms with van der Waals surface area (Å²) in [5, 5.41) is 0. The van der Waals surface area contributed by atoms with E-state index < -0.39 is 31.7 Å². The molecule has 0 saturated carbocycles. The Morgan fingerprint density at radius 1 is 1.14 bits per heavy atom. The highest BCUT2D eigenvalue weighted by atomic mass is 32.3. The fourth-order valence-corrected chi connectivity index (χ4v) is 8.80. The van der Waals surface area contributed by atoms with Crippen molar-refractivity contribution in [2.75, 3.05) is 11.5 Å². The van der Waals surface area contributed by atoms with E-state index in [1.165, 1.54) is 0 Å². The van der Waals surface area contributed by atoms with Crippen LogP contribution in [0.1, 0.15) is 12.0 Å². The zero-order chi connectivity index (χ0) is 15.3. The summed E-state index contributed by atoms with van der Waals surface area (Å²) >= 11 is 0. The maximum absolute atomic E-state index is 12.6. The zero-order valence-corrected chi connectivity index (χ0v) is 13.6. The first-order valence-corrected chi connectivity index (χ1v) is 10.1. The van der Waals surface area contributed by atoms with Gasteiger partial charge in [-0.05, 0) is 18.1 Å². The van der Waals surface area contributed by atoms with Gasteiger partial charge in [0, 0.05) is 45.7 Å². The van der Waals surface area contributed by atoms with E-state index in [-0.39, 0.29) is 11.8 Å². The number of nitrogens with zero attached hydrogens (tertiary/aromatic N) is 1. The highest BCUT2D eigenvalue weighted by Crippen LogP contribution is 2.47. The topological polar surface area (TPSA) is 54.5 Å². The molecule has 2 bridgehead atoms. The summed E-state index contributed by atoms with van der Waals surface area (Å²) in [5.41, 5.74) is 1.12. The Bertz CT molecular complexity index is 685. The van der Waals surface area contributed by atoms with E-state index in [4.69, 9.17) is 0 Å². The highest BCUT2D eigenvalue weighted by molar-refractivity contribution is 8.07. The van der Waals surface area contributed by atoms with E-state index >= 15 is 0 Å². The number of carbonyl (C=O) groups excluding carboxylic acids is 1. The third kappa shape index (κ3) is 1.94. The van der Waals surface area contributed by atoms with Gasteiger partial charge in [0.1, 0.15) is 10.1 Å². The Kier molecular flexibility index (Phi) is 3.43. The van der Waals surface area contributed by atoms with Crippen LogP contribution >= 0.6 is 0 Å². The molecule has 2 fully saturated rings. The number of hydrogen-bond donors (Lipinski definition) is 0. The van der Waals surface area contributed by atoms with Crippen LogP contribution in [0.5, 0.6) is 0 Å². The summed E-state index contributed by atoms with van der Waals surface area (Å²) in [7, 11) is -2.40. The average Bonchev–Trinajstić information content (AvgIpc) is 2.93. The van der Waals surface area contributed by atoms with Crippen LogP contribution < -0.4 is 0 Å². The van der Waals surface area contributed by atoms with Gasteiger partial charge in [0.25, 0.3) is 0 Å². The predicted octanol–water partition coefficient (Wildman–Crippen LogP) is 0.976. The molecule has 0 N–H and O–H groups in total. The molecule has 4 rings (SSSR count). The second-order valence-electron chi connectivity index (χ2n) is 6.00. The van der Waals surface area contributed by atoms with E-state index in [0.29, 0.717) is 24.5 Å². The van der Waals surface area contributed by atoms with Gasteiger partial charge in [-0.3, -0.25) is 18.1 Å². The number of carbonyl (C=O) groups is 1. The largest absolute Gasteiger partial charge is 0.293 e. The van der Waals surface area contributed by atoms with Crippen molar-refractivity contribution in [3.05, 3.63) is 48.0 Å². The number of benzene rings is 1. The van der Waals surface area contributed by atoms with Crippen molar-refractivity contribution in [2.45, 2.75) is 29.1 Å². The van der Waals surface area contributed by atoms with Crippen molar-refractivity contribution in [3.8, 4) is 0 Å². The number of fused-ring (bicyclic) bond motifs is 3. The smallest absolute Gasteiger partial charge is 0.175 e. The molecule has 3 heterocycles. The SMILES string of the molecule is O=C1C=C[C@H]2CC3([C@@H]1N2Cc1ccccc1)[S@](=O)CC[S@]3=O. The minimum atomic E-state index is -1.20. The maximum atomic E-state index is 12.6. The molecule has 3 aliphatic heterocycles. The Balaban J connectivity index is 1.75. The molecule has 0 amide bonds. The fraction of sp³-hybridized carbons (Fsp3) is 0.438. The Labute approximate surface area is 134 Å². The summed E-state index contributed by atoms with van der Waals surface area (Å²) in [5.74, 6) is 0.846. The summed E-state index contributed by atoms with van der Waals surface area (Å²) in [6.45, 7) is 0.627. The van der Waals surface area contributed by atoms with Crippen molar-refractivity contribution in [1.29, 1.82) is 0 Å². The van der Waals surface area contributed by atoms with Crippen LogP contribution in [-0.2, 0) is 32.9 Å². The summed E-state index contributed by atoms with van der Waals surface area (Å²) < 4.78 is 24.4. The molecule has 4 nitrogen and oxygen atoms in total. The Morgan fingerprint density at radius 3 is 2.50 bits per heavy atom. The second-order valence-corrected chi connectivity index (χ2v) is 9.92. The first-order chi connectivity index (χ1) is 10.6. The molecular weight excluding hydrogens is 318 g/mol. The van der Waals surface area contributed by atoms with Gasteiger partial charge in [0.2, 0.25) is 0 Å². The fourth-order valence-electron chi connectivity index (χ4n) is 3.86. The molecule has 2 saturated heterocycles. The lowest BCUT2D eigenvalue weighted by Crippen LogP contribution is -2.53. The number of rotatable bonds is 2. The molecule has 4 atom stereocenters. The van der Waals surface area contributed by atoms with Crippen LogP contribution in [0.3, 0.4) is 0 Å². The van der Waals surface area contributed by atoms with Crippen molar-refractivity contribution in [3.63, 3.8) is 0 Å². The lowest BCUT2D eigenvalue weighted by molar-refractivity contribution is -0.119. The molecule has 0 aromatic heterocycles. The zero-order valence-electron chi connectivity index (χ0n) is 12.0. The summed E-state index contributed by atoms with van der Waals surface area (Å²) in [6, 6.07) is 9.50. The Morgan fingerprint density at radius 2 is 1.82 bits per heavy atom. The minimum Gasteiger partial charge on any atom is -0.293 e. The molecule has 1 aromatic carbocycles. The molecule has 0 aliphatic carbocycles. The van der Waals surface area contributed by atoms with Crippen LogP contribution in [0.25, 0.3) is 0 Å². The number of ketones is 1. The van der Waals surface area contributed by atoms with E-state index in [1.807, 2.05) is 36.4 Å². The van der Waals surface area contributed by atoms with Crippen LogP contribution in [0.4, 0.5) is 0 Å². The molecule has 22 heavy (non-hydrogen) atoms. The van der Waals surface area contributed by atoms with Gasteiger partial charge in [0.15, 0.2) is 5.78 Å². The second kappa shape index (κ2) is 5.22. The van der Waals surface area contributed by atoms with Crippen LogP contribution in [-0.4, -0.2) is 46.8 Å². The first-order valence-electron chi connectivity index (χ1n) is 7.41. The summed E-state index contributed by atoms with van der Waals surface area (Å²) in [6.07, 6.45) is 4.05. The van der Waals surface area contributed by atoms with Crippen molar-refractivity contribution in [2.24, 2.45) is 0 Å². The minimum absolute atomic E-state index is 0.0479. The van der Waals surface area contributed by atoms with E-state index in [2.05, 4.69) is 4.90 Å². The van der Waals surface area contributed by atoms with Crippen LogP contribution in [0.15, 0.2) is 42.5 Å². The van der Waals surface area contributed by atoms with Crippen molar-refractivity contribution < 1.29 is 13.2 Å². The van der Waals surface area contributed by atoms with Gasteiger partial charge in [-0.15, -0.1) is 0 Å². The van der Waals surface area contributed by atoms with Crippen molar-refractivity contribution in [1.82, 2.24) is 4.90 Å². The highest BCUT2D eigenvalue weighted by Gasteiger charge is 2.64. The summed E-state index contributed by atoms with van der Waals surface area (Å²) in [4.78, 5) is 14.6.